The molecule has 0 spiro atoms. The SMILES string of the molecule is Brc1ccc(CNCc2nnc3ccccn23)o1. The Hall–Kier alpha value is -1.66. The molecule has 0 saturated carbocycles. The van der Waals surface area contributed by atoms with Crippen molar-refractivity contribution in [1.82, 2.24) is 19.9 Å². The number of nitrogens with one attached hydrogen (secondary N) is 1. The molecule has 0 unspecified atom stereocenters. The van der Waals surface area contributed by atoms with Gasteiger partial charge in [0.15, 0.2) is 16.1 Å². The second kappa shape index (κ2) is 4.91. The summed E-state index contributed by atoms with van der Waals surface area (Å²) >= 11 is 3.27. The molecule has 0 atom stereocenters. The summed E-state index contributed by atoms with van der Waals surface area (Å²) in [5.41, 5.74) is 0.857. The summed E-state index contributed by atoms with van der Waals surface area (Å²) in [6.45, 7) is 1.30. The van der Waals surface area contributed by atoms with E-state index < -0.39 is 0 Å². The topological polar surface area (TPSA) is 55.4 Å². The molecule has 0 saturated heterocycles. The lowest BCUT2D eigenvalue weighted by molar-refractivity contribution is 0.463. The van der Waals surface area contributed by atoms with Crippen LogP contribution in [0.2, 0.25) is 0 Å². The summed E-state index contributed by atoms with van der Waals surface area (Å²) in [4.78, 5) is 0. The molecule has 0 aliphatic rings. The second-order valence-corrected chi connectivity index (χ2v) is 4.64. The molecule has 0 radical (unpaired) electrons. The number of hydrogen-bond acceptors (Lipinski definition) is 4. The molecule has 3 aromatic heterocycles. The Morgan fingerprint density at radius 3 is 2.94 bits per heavy atom. The van der Waals surface area contributed by atoms with E-state index in [-0.39, 0.29) is 0 Å². The fourth-order valence-electron chi connectivity index (χ4n) is 1.76. The number of rotatable bonds is 4. The first-order valence-corrected chi connectivity index (χ1v) is 6.36. The summed E-state index contributed by atoms with van der Waals surface area (Å²) in [5, 5.41) is 11.5. The predicted molar refractivity (Wildman–Crippen MR) is 69.9 cm³/mol. The van der Waals surface area contributed by atoms with E-state index in [9.17, 15) is 0 Å². The number of nitrogens with zero attached hydrogens (tertiary/aromatic N) is 3. The van der Waals surface area contributed by atoms with Gasteiger partial charge in [-0.1, -0.05) is 6.07 Å². The number of hydrogen-bond donors (Lipinski definition) is 1. The van der Waals surface area contributed by atoms with E-state index in [1.165, 1.54) is 0 Å². The van der Waals surface area contributed by atoms with Crippen LogP contribution in [0.25, 0.3) is 5.65 Å². The van der Waals surface area contributed by atoms with Crippen LogP contribution in [0.5, 0.6) is 0 Å². The van der Waals surface area contributed by atoms with Crippen LogP contribution in [0.15, 0.2) is 45.6 Å². The van der Waals surface area contributed by atoms with Crippen molar-refractivity contribution in [3.8, 4) is 0 Å². The molecule has 3 heterocycles. The second-order valence-electron chi connectivity index (χ2n) is 3.85. The first-order chi connectivity index (χ1) is 8.83. The molecule has 1 N–H and O–H groups in total. The molecular formula is C12H11BrN4O. The fraction of sp³-hybridized carbons (Fsp3) is 0.167. The minimum absolute atomic E-state index is 0.642. The van der Waals surface area contributed by atoms with Crippen LogP contribution in [0, 0.1) is 0 Å². The van der Waals surface area contributed by atoms with Crippen LogP contribution in [0.1, 0.15) is 11.6 Å². The van der Waals surface area contributed by atoms with Crippen LogP contribution in [-0.4, -0.2) is 14.6 Å². The first kappa shape index (κ1) is 11.4. The normalized spacial score (nSPS) is 11.2. The number of furan rings is 1. The molecule has 0 fully saturated rings. The average molecular weight is 307 g/mol. The molecule has 3 aromatic rings. The van der Waals surface area contributed by atoms with Crippen molar-refractivity contribution in [2.75, 3.05) is 0 Å². The highest BCUT2D eigenvalue weighted by Crippen LogP contribution is 2.13. The highest BCUT2D eigenvalue weighted by molar-refractivity contribution is 9.10. The standard InChI is InChI=1S/C12H11BrN4O/c13-10-5-4-9(18-10)7-14-8-12-16-15-11-3-1-2-6-17(11)12/h1-6,14H,7-8H2. The highest BCUT2D eigenvalue weighted by atomic mass is 79.9. The smallest absolute Gasteiger partial charge is 0.169 e. The van der Waals surface area contributed by atoms with E-state index in [1.807, 2.05) is 40.9 Å². The molecular weight excluding hydrogens is 296 g/mol. The van der Waals surface area contributed by atoms with E-state index >= 15 is 0 Å². The quantitative estimate of drug-likeness (QED) is 0.804. The summed E-state index contributed by atoms with van der Waals surface area (Å²) < 4.78 is 8.11. The van der Waals surface area contributed by atoms with Gasteiger partial charge in [-0.3, -0.25) is 4.40 Å². The number of fused-ring (bicyclic) bond motifs is 1. The van der Waals surface area contributed by atoms with E-state index in [2.05, 4.69) is 31.4 Å². The van der Waals surface area contributed by atoms with E-state index in [1.54, 1.807) is 0 Å². The third-order valence-electron chi connectivity index (χ3n) is 2.60. The Morgan fingerprint density at radius 2 is 2.11 bits per heavy atom. The third kappa shape index (κ3) is 2.30. The Kier molecular flexibility index (Phi) is 3.12. The monoisotopic (exact) mass is 306 g/mol. The van der Waals surface area contributed by atoms with Crippen molar-refractivity contribution >= 4 is 21.6 Å². The third-order valence-corrected chi connectivity index (χ3v) is 3.02. The Labute approximate surface area is 112 Å². The molecule has 0 aromatic carbocycles. The molecule has 0 bridgehead atoms. The number of aromatic nitrogens is 3. The van der Waals surface area contributed by atoms with E-state index in [4.69, 9.17) is 4.42 Å². The van der Waals surface area contributed by atoms with E-state index in [0.29, 0.717) is 13.1 Å². The van der Waals surface area contributed by atoms with Gasteiger partial charge in [0.1, 0.15) is 5.76 Å². The average Bonchev–Trinajstić information content (AvgIpc) is 2.97. The summed E-state index contributed by atoms with van der Waals surface area (Å²) in [6.07, 6.45) is 1.95. The van der Waals surface area contributed by atoms with Gasteiger partial charge in [0.25, 0.3) is 0 Å². The molecule has 3 rings (SSSR count). The number of halogens is 1. The minimum Gasteiger partial charge on any atom is -0.453 e. The summed E-state index contributed by atoms with van der Waals surface area (Å²) in [7, 11) is 0. The van der Waals surface area contributed by atoms with Crippen molar-refractivity contribution in [3.05, 3.63) is 52.8 Å². The lowest BCUT2D eigenvalue weighted by Gasteiger charge is -2.01. The Morgan fingerprint density at radius 1 is 1.17 bits per heavy atom. The van der Waals surface area contributed by atoms with Crippen LogP contribution >= 0.6 is 15.9 Å². The van der Waals surface area contributed by atoms with Crippen LogP contribution in [-0.2, 0) is 13.1 Å². The zero-order chi connectivity index (χ0) is 12.4. The zero-order valence-corrected chi connectivity index (χ0v) is 11.1. The molecule has 18 heavy (non-hydrogen) atoms. The van der Waals surface area contributed by atoms with Gasteiger partial charge in [-0.25, -0.2) is 0 Å². The van der Waals surface area contributed by atoms with Crippen molar-refractivity contribution in [1.29, 1.82) is 0 Å². The molecule has 5 nitrogen and oxygen atoms in total. The van der Waals surface area contributed by atoms with E-state index in [0.717, 1.165) is 21.9 Å². The largest absolute Gasteiger partial charge is 0.453 e. The first-order valence-electron chi connectivity index (χ1n) is 5.56. The summed E-state index contributed by atoms with van der Waals surface area (Å²) in [5.74, 6) is 1.77. The predicted octanol–water partition coefficient (Wildman–Crippen LogP) is 2.37. The van der Waals surface area contributed by atoms with Gasteiger partial charge in [-0.2, -0.15) is 0 Å². The van der Waals surface area contributed by atoms with Gasteiger partial charge in [-0.15, -0.1) is 10.2 Å². The van der Waals surface area contributed by atoms with Crippen molar-refractivity contribution in [2.24, 2.45) is 0 Å². The van der Waals surface area contributed by atoms with Gasteiger partial charge in [0.05, 0.1) is 13.1 Å². The Bertz CT molecular complexity index is 661. The van der Waals surface area contributed by atoms with Gasteiger partial charge >= 0.3 is 0 Å². The van der Waals surface area contributed by atoms with Crippen molar-refractivity contribution in [3.63, 3.8) is 0 Å². The molecule has 0 aliphatic carbocycles. The maximum Gasteiger partial charge on any atom is 0.169 e. The van der Waals surface area contributed by atoms with Gasteiger partial charge in [0.2, 0.25) is 0 Å². The van der Waals surface area contributed by atoms with Crippen molar-refractivity contribution in [2.45, 2.75) is 13.1 Å². The molecule has 92 valence electrons. The van der Waals surface area contributed by atoms with Gasteiger partial charge < -0.3 is 9.73 Å². The fourth-order valence-corrected chi connectivity index (χ4v) is 2.10. The highest BCUT2D eigenvalue weighted by Gasteiger charge is 2.04. The van der Waals surface area contributed by atoms with Crippen LogP contribution in [0.3, 0.4) is 0 Å². The maximum atomic E-state index is 5.40. The van der Waals surface area contributed by atoms with Crippen LogP contribution in [0.4, 0.5) is 0 Å². The lowest BCUT2D eigenvalue weighted by atomic mass is 10.4. The molecule has 6 heteroatoms. The van der Waals surface area contributed by atoms with Crippen molar-refractivity contribution < 1.29 is 4.42 Å². The maximum absolute atomic E-state index is 5.40. The Balaban J connectivity index is 1.66. The minimum atomic E-state index is 0.642. The van der Waals surface area contributed by atoms with Crippen LogP contribution < -0.4 is 5.32 Å². The van der Waals surface area contributed by atoms with Gasteiger partial charge in [-0.05, 0) is 40.2 Å². The number of pyridine rings is 1. The van der Waals surface area contributed by atoms with Gasteiger partial charge in [0, 0.05) is 6.20 Å². The molecule has 0 amide bonds. The lowest BCUT2D eigenvalue weighted by Crippen LogP contribution is -2.14. The summed E-state index contributed by atoms with van der Waals surface area (Å²) in [6, 6.07) is 9.65. The zero-order valence-electron chi connectivity index (χ0n) is 9.51. The molecule has 0 aliphatic heterocycles.